The van der Waals surface area contributed by atoms with Gasteiger partial charge in [0.2, 0.25) is 0 Å². The molecule has 1 aromatic heterocycles. The number of carboxylic acids is 1. The normalized spacial score (nSPS) is 11.1. The molecule has 0 aliphatic heterocycles. The molecule has 136 valence electrons. The molecular formula is C22H18NO4-. The van der Waals surface area contributed by atoms with Crippen LogP contribution < -0.4 is 14.6 Å². The number of nitrogens with zero attached hydrogens (tertiary/aromatic N) is 1. The third-order valence-electron chi connectivity index (χ3n) is 4.92. The number of carbonyl (C=O) groups is 1. The van der Waals surface area contributed by atoms with Gasteiger partial charge < -0.3 is 23.9 Å². The van der Waals surface area contributed by atoms with Crippen molar-refractivity contribution in [3.05, 3.63) is 65.9 Å². The standard InChI is InChI=1S/C22H19NO4/c1-13-20(22(24)25)16-12-19(27-3)14-8-4-5-9-15(14)21(16)23(13)17-10-6-7-11-18(17)26-2/h4-12H,1-3H3,(H,24,25)/p-1. The van der Waals surface area contributed by atoms with Gasteiger partial charge in [-0.3, -0.25) is 0 Å². The number of aromatic nitrogens is 1. The Labute approximate surface area is 156 Å². The molecule has 4 rings (SSSR count). The van der Waals surface area contributed by atoms with Gasteiger partial charge in [0.15, 0.2) is 0 Å². The lowest BCUT2D eigenvalue weighted by atomic mass is 10.0. The zero-order valence-electron chi connectivity index (χ0n) is 15.3. The first-order chi connectivity index (χ1) is 13.1. The van der Waals surface area contributed by atoms with E-state index in [-0.39, 0.29) is 5.56 Å². The molecular weight excluding hydrogens is 342 g/mol. The van der Waals surface area contributed by atoms with Crippen LogP contribution in [-0.2, 0) is 0 Å². The fourth-order valence-electron chi connectivity index (χ4n) is 3.77. The molecule has 0 saturated heterocycles. The molecule has 3 aromatic carbocycles. The summed E-state index contributed by atoms with van der Waals surface area (Å²) in [6.07, 6.45) is 0. The molecule has 1 heterocycles. The average molecular weight is 360 g/mol. The summed E-state index contributed by atoms with van der Waals surface area (Å²) >= 11 is 0. The largest absolute Gasteiger partial charge is 0.545 e. The molecule has 5 nitrogen and oxygen atoms in total. The number of carbonyl (C=O) groups excluding carboxylic acids is 1. The quantitative estimate of drug-likeness (QED) is 0.559. The van der Waals surface area contributed by atoms with Crippen LogP contribution >= 0.6 is 0 Å². The van der Waals surface area contributed by atoms with Crippen molar-refractivity contribution in [2.75, 3.05) is 14.2 Å². The van der Waals surface area contributed by atoms with Crippen molar-refractivity contribution in [2.45, 2.75) is 6.92 Å². The second-order valence-corrected chi connectivity index (χ2v) is 6.28. The highest BCUT2D eigenvalue weighted by atomic mass is 16.5. The van der Waals surface area contributed by atoms with Crippen LogP contribution in [0.1, 0.15) is 16.1 Å². The Bertz CT molecular complexity index is 1190. The molecule has 0 spiro atoms. The van der Waals surface area contributed by atoms with Gasteiger partial charge >= 0.3 is 0 Å². The Morgan fingerprint density at radius 1 is 0.889 bits per heavy atom. The molecule has 27 heavy (non-hydrogen) atoms. The van der Waals surface area contributed by atoms with Gasteiger partial charge in [-0.25, -0.2) is 0 Å². The number of benzene rings is 3. The zero-order valence-corrected chi connectivity index (χ0v) is 15.3. The number of hydrogen-bond acceptors (Lipinski definition) is 4. The van der Waals surface area contributed by atoms with Crippen molar-refractivity contribution in [3.63, 3.8) is 0 Å². The van der Waals surface area contributed by atoms with Crippen LogP contribution in [0.4, 0.5) is 0 Å². The number of para-hydroxylation sites is 2. The Balaban J connectivity index is 2.28. The van der Waals surface area contributed by atoms with Gasteiger partial charge in [0.05, 0.1) is 31.4 Å². The minimum absolute atomic E-state index is 0.153. The van der Waals surface area contributed by atoms with Gasteiger partial charge in [-0.05, 0) is 25.1 Å². The van der Waals surface area contributed by atoms with Crippen LogP contribution in [0.15, 0.2) is 54.6 Å². The molecule has 0 atom stereocenters. The van der Waals surface area contributed by atoms with E-state index in [2.05, 4.69) is 0 Å². The predicted octanol–water partition coefficient (Wildman–Crippen LogP) is 3.47. The Morgan fingerprint density at radius 2 is 1.52 bits per heavy atom. The van der Waals surface area contributed by atoms with Crippen molar-refractivity contribution in [1.29, 1.82) is 0 Å². The Morgan fingerprint density at radius 3 is 2.19 bits per heavy atom. The van der Waals surface area contributed by atoms with Crippen LogP contribution in [0, 0.1) is 6.92 Å². The molecule has 0 saturated carbocycles. The number of ether oxygens (including phenoxy) is 2. The molecule has 0 aliphatic carbocycles. The lowest BCUT2D eigenvalue weighted by molar-refractivity contribution is -0.254. The second kappa shape index (κ2) is 6.36. The molecule has 0 bridgehead atoms. The van der Waals surface area contributed by atoms with Crippen molar-refractivity contribution in [3.8, 4) is 17.2 Å². The molecule has 0 N–H and O–H groups in total. The molecule has 0 unspecified atom stereocenters. The summed E-state index contributed by atoms with van der Waals surface area (Å²) < 4.78 is 13.0. The minimum Gasteiger partial charge on any atom is -0.545 e. The first-order valence-corrected chi connectivity index (χ1v) is 8.54. The molecule has 0 fully saturated rings. The van der Waals surface area contributed by atoms with E-state index < -0.39 is 5.97 Å². The highest BCUT2D eigenvalue weighted by Gasteiger charge is 2.21. The van der Waals surface area contributed by atoms with Gasteiger partial charge in [0.1, 0.15) is 11.5 Å². The van der Waals surface area contributed by atoms with Crippen molar-refractivity contribution in [1.82, 2.24) is 4.57 Å². The third-order valence-corrected chi connectivity index (χ3v) is 4.92. The van der Waals surface area contributed by atoms with Crippen LogP contribution in [0.25, 0.3) is 27.4 Å². The number of methoxy groups -OCH3 is 2. The van der Waals surface area contributed by atoms with Crippen LogP contribution in [0.5, 0.6) is 11.5 Å². The number of carboxylic acid groups (broad SMARTS) is 1. The van der Waals surface area contributed by atoms with E-state index in [0.717, 1.165) is 22.0 Å². The first kappa shape index (κ1) is 17.0. The summed E-state index contributed by atoms with van der Waals surface area (Å²) in [5.74, 6) is 0.0588. The molecule has 0 aliphatic rings. The lowest BCUT2D eigenvalue weighted by Gasteiger charge is -2.15. The summed E-state index contributed by atoms with van der Waals surface area (Å²) in [4.78, 5) is 12.0. The number of rotatable bonds is 4. The maximum atomic E-state index is 12.0. The number of fused-ring (bicyclic) bond motifs is 3. The molecule has 0 radical (unpaired) electrons. The summed E-state index contributed by atoms with van der Waals surface area (Å²) in [7, 11) is 3.18. The highest BCUT2D eigenvalue weighted by Crippen LogP contribution is 2.40. The smallest absolute Gasteiger partial charge is 0.142 e. The molecule has 4 aromatic rings. The third kappa shape index (κ3) is 2.43. The Kier molecular flexibility index (Phi) is 4.00. The topological polar surface area (TPSA) is 63.5 Å². The monoisotopic (exact) mass is 360 g/mol. The zero-order chi connectivity index (χ0) is 19.1. The van der Waals surface area contributed by atoms with E-state index in [0.29, 0.717) is 22.6 Å². The molecule has 0 amide bonds. The maximum absolute atomic E-state index is 12.0. The SMILES string of the molecule is COc1ccccc1-n1c(C)c(C(=O)[O-])c2cc(OC)c3ccccc3c21. The van der Waals surface area contributed by atoms with Crippen molar-refractivity contribution < 1.29 is 19.4 Å². The number of aromatic carboxylic acids is 1. The van der Waals surface area contributed by atoms with E-state index in [1.807, 2.05) is 53.1 Å². The average Bonchev–Trinajstić information content (AvgIpc) is 2.99. The van der Waals surface area contributed by atoms with Gasteiger partial charge in [-0.2, -0.15) is 0 Å². The fraction of sp³-hybridized carbons (Fsp3) is 0.136. The van der Waals surface area contributed by atoms with Gasteiger partial charge in [0.25, 0.3) is 0 Å². The van der Waals surface area contributed by atoms with Gasteiger partial charge in [0, 0.05) is 27.4 Å². The second-order valence-electron chi connectivity index (χ2n) is 6.28. The lowest BCUT2D eigenvalue weighted by Crippen LogP contribution is -2.23. The van der Waals surface area contributed by atoms with Crippen molar-refractivity contribution in [2.24, 2.45) is 0 Å². The Hall–Kier alpha value is -3.47. The highest BCUT2D eigenvalue weighted by molar-refractivity contribution is 6.16. The van der Waals surface area contributed by atoms with Crippen LogP contribution in [0.2, 0.25) is 0 Å². The van der Waals surface area contributed by atoms with E-state index in [9.17, 15) is 9.90 Å². The van der Waals surface area contributed by atoms with Crippen molar-refractivity contribution >= 4 is 27.6 Å². The van der Waals surface area contributed by atoms with E-state index >= 15 is 0 Å². The minimum atomic E-state index is -1.22. The van der Waals surface area contributed by atoms with E-state index in [4.69, 9.17) is 9.47 Å². The first-order valence-electron chi connectivity index (χ1n) is 8.54. The van der Waals surface area contributed by atoms with Crippen LogP contribution in [0.3, 0.4) is 0 Å². The van der Waals surface area contributed by atoms with Gasteiger partial charge in [-0.1, -0.05) is 36.4 Å². The summed E-state index contributed by atoms with van der Waals surface area (Å²) in [5, 5.41) is 14.4. The number of hydrogen-bond donors (Lipinski definition) is 0. The molecule has 5 heteroatoms. The maximum Gasteiger partial charge on any atom is 0.142 e. The summed E-state index contributed by atoms with van der Waals surface area (Å²) in [6, 6.07) is 17.1. The van der Waals surface area contributed by atoms with E-state index in [1.54, 1.807) is 27.2 Å². The predicted molar refractivity (Wildman–Crippen MR) is 103 cm³/mol. The fourth-order valence-corrected chi connectivity index (χ4v) is 3.77. The van der Waals surface area contributed by atoms with Gasteiger partial charge in [-0.15, -0.1) is 0 Å². The van der Waals surface area contributed by atoms with Crippen LogP contribution in [-0.4, -0.2) is 24.8 Å². The van der Waals surface area contributed by atoms with E-state index in [1.165, 1.54) is 0 Å². The summed E-state index contributed by atoms with van der Waals surface area (Å²) in [5.41, 5.74) is 2.28. The summed E-state index contributed by atoms with van der Waals surface area (Å²) in [6.45, 7) is 1.78.